The second-order valence-electron chi connectivity index (χ2n) is 5.26. The van der Waals surface area contributed by atoms with Gasteiger partial charge in [0.25, 0.3) is 5.91 Å². The van der Waals surface area contributed by atoms with Gasteiger partial charge in [0, 0.05) is 18.2 Å². The minimum Gasteiger partial charge on any atom is -0.331 e. The lowest BCUT2D eigenvalue weighted by Gasteiger charge is -2.35. The molecule has 0 saturated carbocycles. The van der Waals surface area contributed by atoms with Gasteiger partial charge in [-0.15, -0.1) is 0 Å². The summed E-state index contributed by atoms with van der Waals surface area (Å²) >= 11 is 0. The maximum atomic E-state index is 12.9. The van der Waals surface area contributed by atoms with Crippen molar-refractivity contribution < 1.29 is 9.18 Å². The first-order valence-corrected chi connectivity index (χ1v) is 6.78. The molecule has 0 N–H and O–H groups in total. The summed E-state index contributed by atoms with van der Waals surface area (Å²) in [5.41, 5.74) is 3.04. The molecule has 0 saturated heterocycles. The standard InChI is InChI=1S/C17H16FNO/c1-12-10-14-4-2-3-5-15(14)11-19(12)17(20)13-6-8-16(18)9-7-13/h2-9,12H,10-11H2,1H3/t12-/m1/s1. The summed E-state index contributed by atoms with van der Waals surface area (Å²) in [4.78, 5) is 14.4. The van der Waals surface area contributed by atoms with Crippen LogP contribution in [0.3, 0.4) is 0 Å². The first-order chi connectivity index (χ1) is 9.65. The number of benzene rings is 2. The maximum absolute atomic E-state index is 12.9. The van der Waals surface area contributed by atoms with Crippen LogP contribution in [0.2, 0.25) is 0 Å². The monoisotopic (exact) mass is 269 g/mol. The highest BCUT2D eigenvalue weighted by atomic mass is 19.1. The number of amides is 1. The first kappa shape index (κ1) is 12.9. The van der Waals surface area contributed by atoms with Gasteiger partial charge in [0.1, 0.15) is 5.82 Å². The van der Waals surface area contributed by atoms with E-state index in [9.17, 15) is 9.18 Å². The van der Waals surface area contributed by atoms with Crippen molar-refractivity contribution in [2.45, 2.75) is 25.9 Å². The highest BCUT2D eigenvalue weighted by Gasteiger charge is 2.27. The van der Waals surface area contributed by atoms with Gasteiger partial charge in [-0.3, -0.25) is 4.79 Å². The molecule has 3 heteroatoms. The van der Waals surface area contributed by atoms with Gasteiger partial charge in [-0.1, -0.05) is 24.3 Å². The number of carbonyl (C=O) groups excluding carboxylic acids is 1. The molecule has 0 radical (unpaired) electrons. The van der Waals surface area contributed by atoms with E-state index in [-0.39, 0.29) is 17.8 Å². The summed E-state index contributed by atoms with van der Waals surface area (Å²) in [5.74, 6) is -0.356. The molecule has 1 heterocycles. The van der Waals surface area contributed by atoms with Crippen molar-refractivity contribution >= 4 is 5.91 Å². The van der Waals surface area contributed by atoms with Crippen LogP contribution in [0.25, 0.3) is 0 Å². The topological polar surface area (TPSA) is 20.3 Å². The predicted molar refractivity (Wildman–Crippen MR) is 75.9 cm³/mol. The zero-order valence-electron chi connectivity index (χ0n) is 11.3. The zero-order chi connectivity index (χ0) is 14.1. The van der Waals surface area contributed by atoms with E-state index < -0.39 is 0 Å². The van der Waals surface area contributed by atoms with Crippen LogP contribution in [0, 0.1) is 5.82 Å². The van der Waals surface area contributed by atoms with Crippen molar-refractivity contribution in [2.24, 2.45) is 0 Å². The smallest absolute Gasteiger partial charge is 0.254 e. The normalized spacial score (nSPS) is 17.7. The van der Waals surface area contributed by atoms with Crippen molar-refractivity contribution in [3.63, 3.8) is 0 Å². The molecule has 0 unspecified atom stereocenters. The summed E-state index contributed by atoms with van der Waals surface area (Å²) in [6.07, 6.45) is 0.864. The molecule has 1 atom stereocenters. The van der Waals surface area contributed by atoms with Crippen molar-refractivity contribution in [1.29, 1.82) is 0 Å². The molecule has 102 valence electrons. The van der Waals surface area contributed by atoms with E-state index in [4.69, 9.17) is 0 Å². The third-order valence-corrected chi connectivity index (χ3v) is 3.86. The van der Waals surface area contributed by atoms with Gasteiger partial charge in [0.05, 0.1) is 0 Å². The van der Waals surface area contributed by atoms with E-state index in [1.165, 1.54) is 23.3 Å². The molecule has 1 amide bonds. The first-order valence-electron chi connectivity index (χ1n) is 6.78. The molecule has 3 rings (SSSR count). The molecule has 0 bridgehead atoms. The number of hydrogen-bond donors (Lipinski definition) is 0. The highest BCUT2D eigenvalue weighted by molar-refractivity contribution is 5.94. The van der Waals surface area contributed by atoms with Gasteiger partial charge in [0.15, 0.2) is 0 Å². The number of nitrogens with zero attached hydrogens (tertiary/aromatic N) is 1. The van der Waals surface area contributed by atoms with Gasteiger partial charge in [-0.25, -0.2) is 4.39 Å². The third-order valence-electron chi connectivity index (χ3n) is 3.86. The van der Waals surface area contributed by atoms with Crippen molar-refractivity contribution in [3.8, 4) is 0 Å². The zero-order valence-corrected chi connectivity index (χ0v) is 11.3. The van der Waals surface area contributed by atoms with E-state index in [0.717, 1.165) is 6.42 Å². The Morgan fingerprint density at radius 2 is 1.75 bits per heavy atom. The molecule has 2 nitrogen and oxygen atoms in total. The Morgan fingerprint density at radius 1 is 1.10 bits per heavy atom. The molecule has 0 aromatic heterocycles. The Bertz CT molecular complexity index is 636. The lowest BCUT2D eigenvalue weighted by atomic mass is 9.94. The molecule has 0 spiro atoms. The van der Waals surface area contributed by atoms with E-state index in [2.05, 4.69) is 19.1 Å². The van der Waals surface area contributed by atoms with Gasteiger partial charge < -0.3 is 4.90 Å². The molecule has 1 aliphatic heterocycles. The predicted octanol–water partition coefficient (Wildman–Crippen LogP) is 3.41. The largest absolute Gasteiger partial charge is 0.331 e. The Morgan fingerprint density at radius 3 is 2.45 bits per heavy atom. The number of hydrogen-bond acceptors (Lipinski definition) is 1. The summed E-state index contributed by atoms with van der Waals surface area (Å²) in [6.45, 7) is 2.67. The Balaban J connectivity index is 1.87. The van der Waals surface area contributed by atoms with Crippen LogP contribution >= 0.6 is 0 Å². The van der Waals surface area contributed by atoms with Crippen LogP contribution in [-0.4, -0.2) is 16.8 Å². The van der Waals surface area contributed by atoms with E-state index in [1.807, 2.05) is 17.0 Å². The second-order valence-corrected chi connectivity index (χ2v) is 5.26. The fourth-order valence-corrected chi connectivity index (χ4v) is 2.71. The quantitative estimate of drug-likeness (QED) is 0.777. The van der Waals surface area contributed by atoms with E-state index in [0.29, 0.717) is 12.1 Å². The van der Waals surface area contributed by atoms with Crippen LogP contribution < -0.4 is 0 Å². The average Bonchev–Trinajstić information content (AvgIpc) is 2.46. The van der Waals surface area contributed by atoms with E-state index >= 15 is 0 Å². The minimum absolute atomic E-state index is 0.0352. The minimum atomic E-state index is -0.321. The SMILES string of the molecule is C[C@@H]1Cc2ccccc2CN1C(=O)c1ccc(F)cc1. The fourth-order valence-electron chi connectivity index (χ4n) is 2.71. The third kappa shape index (κ3) is 2.31. The van der Waals surface area contributed by atoms with Gasteiger partial charge in [0.2, 0.25) is 0 Å². The maximum Gasteiger partial charge on any atom is 0.254 e. The van der Waals surface area contributed by atoms with Crippen LogP contribution in [0.5, 0.6) is 0 Å². The number of fused-ring (bicyclic) bond motifs is 1. The highest BCUT2D eigenvalue weighted by Crippen LogP contribution is 2.24. The summed E-state index contributed by atoms with van der Waals surface area (Å²) in [6, 6.07) is 14.1. The Hall–Kier alpha value is -2.16. The molecule has 2 aromatic rings. The molecule has 0 fully saturated rings. The lowest BCUT2D eigenvalue weighted by molar-refractivity contribution is 0.0658. The van der Waals surface area contributed by atoms with E-state index in [1.54, 1.807) is 12.1 Å². The second kappa shape index (κ2) is 5.08. The van der Waals surface area contributed by atoms with Crippen molar-refractivity contribution in [3.05, 3.63) is 71.0 Å². The van der Waals surface area contributed by atoms with Crippen molar-refractivity contribution in [2.75, 3.05) is 0 Å². The van der Waals surface area contributed by atoms with Gasteiger partial charge >= 0.3 is 0 Å². The molecule has 1 aliphatic rings. The van der Waals surface area contributed by atoms with Crippen molar-refractivity contribution in [1.82, 2.24) is 4.90 Å². The Kier molecular flexibility index (Phi) is 3.26. The number of rotatable bonds is 1. The summed E-state index contributed by atoms with van der Waals surface area (Å²) < 4.78 is 12.9. The fraction of sp³-hybridized carbons (Fsp3) is 0.235. The lowest BCUT2D eigenvalue weighted by Crippen LogP contribution is -2.42. The van der Waals surface area contributed by atoms with Gasteiger partial charge in [-0.05, 0) is 48.7 Å². The summed E-state index contributed by atoms with van der Waals surface area (Å²) in [7, 11) is 0. The molecular formula is C17H16FNO. The average molecular weight is 269 g/mol. The summed E-state index contributed by atoms with van der Waals surface area (Å²) in [5, 5.41) is 0. The number of halogens is 1. The van der Waals surface area contributed by atoms with Crippen LogP contribution in [0.1, 0.15) is 28.4 Å². The molecule has 0 aliphatic carbocycles. The number of carbonyl (C=O) groups is 1. The van der Waals surface area contributed by atoms with Crippen LogP contribution in [-0.2, 0) is 13.0 Å². The van der Waals surface area contributed by atoms with Gasteiger partial charge in [-0.2, -0.15) is 0 Å². The molecule has 20 heavy (non-hydrogen) atoms. The molecule has 2 aromatic carbocycles. The van der Waals surface area contributed by atoms with Crippen LogP contribution in [0.4, 0.5) is 4.39 Å². The molecular weight excluding hydrogens is 253 g/mol. The van der Waals surface area contributed by atoms with Crippen LogP contribution in [0.15, 0.2) is 48.5 Å². The Labute approximate surface area is 117 Å².